The van der Waals surface area contributed by atoms with Crippen molar-refractivity contribution in [3.05, 3.63) is 59.3 Å². The van der Waals surface area contributed by atoms with Crippen LogP contribution in [0.4, 0.5) is 0 Å². The van der Waals surface area contributed by atoms with E-state index in [9.17, 15) is 4.79 Å². The molecule has 1 aromatic carbocycles. The van der Waals surface area contributed by atoms with Crippen molar-refractivity contribution in [1.29, 1.82) is 0 Å². The highest BCUT2D eigenvalue weighted by Gasteiger charge is 2.26. The Kier molecular flexibility index (Phi) is 4.66. The standard InChI is InChI=1S/C20H22N6O/c1-13-3-8-18(24-22-13)15-4-6-17(7-5-15)20(27)26-11-9-16(10-12-26)19-21-14(2)23-25-19/h3-8,16H,9-12H2,1-2H3,(H,21,23,25). The second-order valence-corrected chi connectivity index (χ2v) is 6.98. The Morgan fingerprint density at radius 3 is 2.37 bits per heavy atom. The van der Waals surface area contributed by atoms with Crippen LogP contribution in [0, 0.1) is 13.8 Å². The fourth-order valence-corrected chi connectivity index (χ4v) is 3.40. The van der Waals surface area contributed by atoms with E-state index in [0.29, 0.717) is 11.5 Å². The molecule has 7 nitrogen and oxygen atoms in total. The first kappa shape index (κ1) is 17.3. The van der Waals surface area contributed by atoms with Crippen LogP contribution >= 0.6 is 0 Å². The van der Waals surface area contributed by atoms with Gasteiger partial charge in [-0.25, -0.2) is 4.98 Å². The molecule has 0 bridgehead atoms. The molecule has 1 aliphatic rings. The van der Waals surface area contributed by atoms with Gasteiger partial charge in [0.2, 0.25) is 0 Å². The molecule has 2 aromatic heterocycles. The normalized spacial score (nSPS) is 15.1. The lowest BCUT2D eigenvalue weighted by Crippen LogP contribution is -2.38. The highest BCUT2D eigenvalue weighted by atomic mass is 16.2. The number of carbonyl (C=O) groups excluding carboxylic acids is 1. The first-order chi connectivity index (χ1) is 13.1. The molecule has 0 atom stereocenters. The van der Waals surface area contributed by atoms with Crippen molar-refractivity contribution in [3.63, 3.8) is 0 Å². The highest BCUT2D eigenvalue weighted by molar-refractivity contribution is 5.94. The second-order valence-electron chi connectivity index (χ2n) is 6.98. The van der Waals surface area contributed by atoms with E-state index in [2.05, 4.69) is 25.4 Å². The number of rotatable bonds is 3. The first-order valence-corrected chi connectivity index (χ1v) is 9.19. The monoisotopic (exact) mass is 362 g/mol. The van der Waals surface area contributed by atoms with Gasteiger partial charge < -0.3 is 4.90 Å². The molecular weight excluding hydrogens is 340 g/mol. The number of H-pyrrole nitrogens is 1. The summed E-state index contributed by atoms with van der Waals surface area (Å²) in [6.45, 7) is 5.26. The van der Waals surface area contributed by atoms with E-state index in [1.54, 1.807) is 0 Å². The number of piperidine rings is 1. The molecule has 0 radical (unpaired) electrons. The number of carbonyl (C=O) groups is 1. The Hall–Kier alpha value is -3.09. The van der Waals surface area contributed by atoms with E-state index in [1.165, 1.54) is 0 Å². The lowest BCUT2D eigenvalue weighted by Gasteiger charge is -2.30. The number of aromatic amines is 1. The molecule has 1 saturated heterocycles. The predicted molar refractivity (Wildman–Crippen MR) is 101 cm³/mol. The van der Waals surface area contributed by atoms with Crippen molar-refractivity contribution in [2.75, 3.05) is 13.1 Å². The van der Waals surface area contributed by atoms with E-state index in [-0.39, 0.29) is 5.91 Å². The van der Waals surface area contributed by atoms with Crippen LogP contribution in [0.5, 0.6) is 0 Å². The van der Waals surface area contributed by atoms with Crippen LogP contribution in [-0.2, 0) is 0 Å². The number of aromatic nitrogens is 5. The van der Waals surface area contributed by atoms with Crippen molar-refractivity contribution in [3.8, 4) is 11.3 Å². The smallest absolute Gasteiger partial charge is 0.253 e. The maximum atomic E-state index is 12.8. The van der Waals surface area contributed by atoms with Crippen molar-refractivity contribution >= 4 is 5.91 Å². The Labute approximate surface area is 157 Å². The molecule has 0 spiro atoms. The summed E-state index contributed by atoms with van der Waals surface area (Å²) in [5.74, 6) is 2.09. The average Bonchev–Trinajstić information content (AvgIpc) is 3.15. The van der Waals surface area contributed by atoms with Gasteiger partial charge in [0, 0.05) is 30.1 Å². The summed E-state index contributed by atoms with van der Waals surface area (Å²) < 4.78 is 0. The Morgan fingerprint density at radius 2 is 1.78 bits per heavy atom. The van der Waals surface area contributed by atoms with Gasteiger partial charge in [0.1, 0.15) is 5.82 Å². The molecule has 0 unspecified atom stereocenters. The first-order valence-electron chi connectivity index (χ1n) is 9.19. The predicted octanol–water partition coefficient (Wildman–Crippen LogP) is 2.90. The van der Waals surface area contributed by atoms with Gasteiger partial charge in [-0.1, -0.05) is 12.1 Å². The SMILES string of the molecule is Cc1ccc(-c2ccc(C(=O)N3CCC(c4n[nH]c(C)n4)CC3)cc2)nn1. The van der Waals surface area contributed by atoms with Gasteiger partial charge in [-0.2, -0.15) is 15.3 Å². The van der Waals surface area contributed by atoms with Gasteiger partial charge in [-0.05, 0) is 51.0 Å². The van der Waals surface area contributed by atoms with Gasteiger partial charge in [-0.15, -0.1) is 0 Å². The zero-order valence-electron chi connectivity index (χ0n) is 15.5. The molecule has 3 heterocycles. The van der Waals surface area contributed by atoms with Gasteiger partial charge in [0.25, 0.3) is 5.91 Å². The van der Waals surface area contributed by atoms with Crippen LogP contribution < -0.4 is 0 Å². The van der Waals surface area contributed by atoms with E-state index in [4.69, 9.17) is 0 Å². The summed E-state index contributed by atoms with van der Waals surface area (Å²) in [5, 5.41) is 15.4. The minimum Gasteiger partial charge on any atom is -0.339 e. The summed E-state index contributed by atoms with van der Waals surface area (Å²) >= 11 is 0. The Bertz CT molecular complexity index is 924. The molecule has 27 heavy (non-hydrogen) atoms. The molecule has 0 aliphatic carbocycles. The number of hydrogen-bond acceptors (Lipinski definition) is 5. The maximum absolute atomic E-state index is 12.8. The van der Waals surface area contributed by atoms with Crippen molar-refractivity contribution in [2.45, 2.75) is 32.6 Å². The van der Waals surface area contributed by atoms with Crippen molar-refractivity contribution in [1.82, 2.24) is 30.3 Å². The second kappa shape index (κ2) is 7.26. The third kappa shape index (κ3) is 3.72. The molecule has 3 aromatic rings. The van der Waals surface area contributed by atoms with Crippen LogP contribution in [0.3, 0.4) is 0 Å². The quantitative estimate of drug-likeness (QED) is 0.774. The van der Waals surface area contributed by atoms with Gasteiger partial charge in [0.05, 0.1) is 11.4 Å². The number of nitrogens with zero attached hydrogens (tertiary/aromatic N) is 5. The minimum absolute atomic E-state index is 0.0705. The minimum atomic E-state index is 0.0705. The number of aryl methyl sites for hydroxylation is 2. The summed E-state index contributed by atoms with van der Waals surface area (Å²) in [7, 11) is 0. The summed E-state index contributed by atoms with van der Waals surface area (Å²) in [4.78, 5) is 19.1. The van der Waals surface area contributed by atoms with Crippen LogP contribution in [0.1, 0.15) is 46.5 Å². The van der Waals surface area contributed by atoms with Crippen LogP contribution in [0.2, 0.25) is 0 Å². The molecule has 1 N–H and O–H groups in total. The number of amides is 1. The number of nitrogens with one attached hydrogen (secondary N) is 1. The molecule has 4 rings (SSSR count). The fourth-order valence-electron chi connectivity index (χ4n) is 3.40. The molecule has 0 saturated carbocycles. The van der Waals surface area contributed by atoms with E-state index < -0.39 is 0 Å². The van der Waals surface area contributed by atoms with Gasteiger partial charge in [0.15, 0.2) is 5.82 Å². The molecule has 7 heteroatoms. The number of likely N-dealkylation sites (tertiary alicyclic amines) is 1. The molecule has 1 amide bonds. The number of hydrogen-bond donors (Lipinski definition) is 1. The zero-order chi connectivity index (χ0) is 18.8. The van der Waals surface area contributed by atoms with E-state index in [1.807, 2.05) is 55.1 Å². The fraction of sp³-hybridized carbons (Fsp3) is 0.350. The third-order valence-electron chi connectivity index (χ3n) is 4.99. The Morgan fingerprint density at radius 1 is 1.04 bits per heavy atom. The summed E-state index contributed by atoms with van der Waals surface area (Å²) in [5.41, 5.74) is 3.35. The third-order valence-corrected chi connectivity index (χ3v) is 4.99. The highest BCUT2D eigenvalue weighted by Crippen LogP contribution is 2.26. The Balaban J connectivity index is 1.40. The summed E-state index contributed by atoms with van der Waals surface area (Å²) in [6.07, 6.45) is 1.78. The van der Waals surface area contributed by atoms with Crippen LogP contribution in [-0.4, -0.2) is 49.3 Å². The molecular formula is C20H22N6O. The van der Waals surface area contributed by atoms with Crippen molar-refractivity contribution < 1.29 is 4.79 Å². The topological polar surface area (TPSA) is 87.7 Å². The summed E-state index contributed by atoms with van der Waals surface area (Å²) in [6, 6.07) is 11.5. The van der Waals surface area contributed by atoms with Crippen LogP contribution in [0.15, 0.2) is 36.4 Å². The van der Waals surface area contributed by atoms with Gasteiger partial charge in [-0.3, -0.25) is 9.89 Å². The number of benzene rings is 1. The van der Waals surface area contributed by atoms with E-state index >= 15 is 0 Å². The van der Waals surface area contributed by atoms with E-state index in [0.717, 1.165) is 54.5 Å². The lowest BCUT2D eigenvalue weighted by molar-refractivity contribution is 0.0711. The molecule has 138 valence electrons. The molecule has 1 fully saturated rings. The lowest BCUT2D eigenvalue weighted by atomic mass is 9.95. The van der Waals surface area contributed by atoms with Crippen molar-refractivity contribution in [2.24, 2.45) is 0 Å². The molecule has 1 aliphatic heterocycles. The zero-order valence-corrected chi connectivity index (χ0v) is 15.5. The largest absolute Gasteiger partial charge is 0.339 e. The van der Waals surface area contributed by atoms with Crippen LogP contribution in [0.25, 0.3) is 11.3 Å². The average molecular weight is 362 g/mol. The maximum Gasteiger partial charge on any atom is 0.253 e. The van der Waals surface area contributed by atoms with Gasteiger partial charge >= 0.3 is 0 Å².